The summed E-state index contributed by atoms with van der Waals surface area (Å²) in [6.07, 6.45) is 7.42. The van der Waals surface area contributed by atoms with E-state index in [0.29, 0.717) is 24.7 Å². The first-order valence-electron chi connectivity index (χ1n) is 8.69. The Morgan fingerprint density at radius 2 is 2.16 bits per heavy atom. The molecular weight excluding hydrogens is 322 g/mol. The molecular formula is C18H21N3O4. The van der Waals surface area contributed by atoms with Crippen LogP contribution in [0.3, 0.4) is 0 Å². The lowest BCUT2D eigenvalue weighted by molar-refractivity contribution is 0.0765. The van der Waals surface area contributed by atoms with Gasteiger partial charge in [-0.2, -0.15) is 0 Å². The Bertz CT molecular complexity index is 712. The summed E-state index contributed by atoms with van der Waals surface area (Å²) in [7, 11) is 0. The van der Waals surface area contributed by atoms with Gasteiger partial charge in [0.1, 0.15) is 18.1 Å². The highest BCUT2D eigenvalue weighted by atomic mass is 16.5. The third-order valence-electron chi connectivity index (χ3n) is 4.68. The van der Waals surface area contributed by atoms with Crippen LogP contribution in [0.15, 0.2) is 35.2 Å². The highest BCUT2D eigenvalue weighted by molar-refractivity contribution is 5.92. The van der Waals surface area contributed by atoms with E-state index in [0.717, 1.165) is 38.2 Å². The van der Waals surface area contributed by atoms with Gasteiger partial charge in [-0.25, -0.2) is 4.98 Å². The number of hydrogen-bond acceptors (Lipinski definition) is 6. The molecule has 7 nitrogen and oxygen atoms in total. The maximum Gasteiger partial charge on any atom is 0.275 e. The van der Waals surface area contributed by atoms with Crippen LogP contribution in [0.5, 0.6) is 5.75 Å². The zero-order chi connectivity index (χ0) is 17.1. The Labute approximate surface area is 146 Å². The number of oxazole rings is 1. The van der Waals surface area contributed by atoms with Crippen LogP contribution in [0.2, 0.25) is 0 Å². The molecule has 0 spiro atoms. The van der Waals surface area contributed by atoms with Gasteiger partial charge in [0, 0.05) is 38.3 Å². The van der Waals surface area contributed by atoms with Crippen LogP contribution in [-0.2, 0) is 4.74 Å². The van der Waals surface area contributed by atoms with Crippen molar-refractivity contribution >= 4 is 5.91 Å². The van der Waals surface area contributed by atoms with Gasteiger partial charge in [-0.05, 0) is 25.0 Å². The summed E-state index contributed by atoms with van der Waals surface area (Å²) >= 11 is 0. The molecule has 0 aromatic carbocycles. The van der Waals surface area contributed by atoms with Crippen molar-refractivity contribution in [2.45, 2.75) is 31.3 Å². The Morgan fingerprint density at radius 1 is 1.28 bits per heavy atom. The van der Waals surface area contributed by atoms with Crippen LogP contribution in [0.1, 0.15) is 41.6 Å². The van der Waals surface area contributed by atoms with Gasteiger partial charge in [-0.15, -0.1) is 0 Å². The zero-order valence-corrected chi connectivity index (χ0v) is 14.0. The van der Waals surface area contributed by atoms with E-state index in [4.69, 9.17) is 13.9 Å². The van der Waals surface area contributed by atoms with Gasteiger partial charge in [0.2, 0.25) is 0 Å². The average molecular weight is 343 g/mol. The molecule has 0 radical (unpaired) electrons. The first kappa shape index (κ1) is 16.1. The second kappa shape index (κ2) is 7.23. The summed E-state index contributed by atoms with van der Waals surface area (Å²) in [5.74, 6) is 1.52. The molecule has 7 heteroatoms. The molecule has 2 aromatic heterocycles. The molecule has 25 heavy (non-hydrogen) atoms. The fraction of sp³-hybridized carbons (Fsp3) is 0.500. The van der Waals surface area contributed by atoms with Crippen molar-refractivity contribution in [1.82, 2.24) is 14.9 Å². The summed E-state index contributed by atoms with van der Waals surface area (Å²) < 4.78 is 16.8. The van der Waals surface area contributed by atoms with Crippen LogP contribution >= 0.6 is 0 Å². The van der Waals surface area contributed by atoms with E-state index in [1.54, 1.807) is 17.3 Å². The predicted molar refractivity (Wildman–Crippen MR) is 88.5 cm³/mol. The topological polar surface area (TPSA) is 77.7 Å². The second-order valence-corrected chi connectivity index (χ2v) is 6.43. The molecule has 4 heterocycles. The number of nitrogens with zero attached hydrogens (tertiary/aromatic N) is 3. The van der Waals surface area contributed by atoms with Crippen molar-refractivity contribution in [2.24, 2.45) is 0 Å². The quantitative estimate of drug-likeness (QED) is 0.847. The lowest BCUT2D eigenvalue weighted by Crippen LogP contribution is -2.31. The lowest BCUT2D eigenvalue weighted by atomic mass is 10.0. The molecule has 2 saturated heterocycles. The first-order chi connectivity index (χ1) is 12.3. The van der Waals surface area contributed by atoms with Crippen LogP contribution in [0.4, 0.5) is 0 Å². The molecule has 0 aliphatic carbocycles. The minimum absolute atomic E-state index is 0.0185. The molecule has 2 aliphatic heterocycles. The number of amides is 1. The molecule has 132 valence electrons. The van der Waals surface area contributed by atoms with Crippen molar-refractivity contribution in [1.29, 1.82) is 0 Å². The van der Waals surface area contributed by atoms with E-state index in [9.17, 15) is 4.79 Å². The van der Waals surface area contributed by atoms with Gasteiger partial charge >= 0.3 is 0 Å². The fourth-order valence-electron chi connectivity index (χ4n) is 3.30. The van der Waals surface area contributed by atoms with Crippen molar-refractivity contribution in [2.75, 3.05) is 26.3 Å². The van der Waals surface area contributed by atoms with Gasteiger partial charge in [-0.3, -0.25) is 9.78 Å². The van der Waals surface area contributed by atoms with E-state index in [2.05, 4.69) is 9.97 Å². The third-order valence-corrected chi connectivity index (χ3v) is 4.68. The molecule has 4 rings (SSSR count). The number of aromatic nitrogens is 2. The van der Waals surface area contributed by atoms with E-state index < -0.39 is 0 Å². The van der Waals surface area contributed by atoms with Gasteiger partial charge in [-0.1, -0.05) is 0 Å². The molecule has 2 aromatic rings. The number of ether oxygens (including phenoxy) is 2. The largest absolute Gasteiger partial charge is 0.487 e. The Hall–Kier alpha value is -2.41. The smallest absolute Gasteiger partial charge is 0.275 e. The number of carbonyl (C=O) groups excluding carboxylic acids is 1. The molecule has 2 fully saturated rings. The molecule has 0 N–H and O–H groups in total. The van der Waals surface area contributed by atoms with Crippen LogP contribution in [-0.4, -0.2) is 53.2 Å². The average Bonchev–Trinajstić information content (AvgIpc) is 3.33. The maximum atomic E-state index is 12.7. The van der Waals surface area contributed by atoms with Gasteiger partial charge < -0.3 is 18.8 Å². The highest BCUT2D eigenvalue weighted by Crippen LogP contribution is 2.27. The Balaban J connectivity index is 1.36. The van der Waals surface area contributed by atoms with Crippen LogP contribution in [0.25, 0.3) is 0 Å². The minimum Gasteiger partial charge on any atom is -0.487 e. The predicted octanol–water partition coefficient (Wildman–Crippen LogP) is 2.26. The lowest BCUT2D eigenvalue weighted by Gasteiger charge is -2.18. The van der Waals surface area contributed by atoms with Gasteiger partial charge in [0.25, 0.3) is 5.91 Å². The summed E-state index contributed by atoms with van der Waals surface area (Å²) in [6.45, 7) is 2.64. The van der Waals surface area contributed by atoms with Crippen molar-refractivity contribution in [3.8, 4) is 5.75 Å². The highest BCUT2D eigenvalue weighted by Gasteiger charge is 2.31. The van der Waals surface area contributed by atoms with E-state index >= 15 is 0 Å². The summed E-state index contributed by atoms with van der Waals surface area (Å²) in [5.41, 5.74) is 0.378. The van der Waals surface area contributed by atoms with E-state index in [-0.39, 0.29) is 17.9 Å². The van der Waals surface area contributed by atoms with E-state index in [1.165, 1.54) is 6.26 Å². The second-order valence-electron chi connectivity index (χ2n) is 6.43. The Kier molecular flexibility index (Phi) is 4.65. The SMILES string of the molecule is O=C(c1coc(C2CCOCC2)n1)N1CCC(Oc2cccnc2)C1. The van der Waals surface area contributed by atoms with Crippen molar-refractivity contribution in [3.63, 3.8) is 0 Å². The standard InChI is InChI=1S/C18H21N3O4/c22-18(16-12-24-17(20-16)13-4-8-23-9-5-13)21-7-3-15(11-21)25-14-2-1-6-19-10-14/h1-2,6,10,12-13,15H,3-5,7-9,11H2. The van der Waals surface area contributed by atoms with Gasteiger partial charge in [0.05, 0.1) is 12.7 Å². The summed E-state index contributed by atoms with van der Waals surface area (Å²) in [4.78, 5) is 22.9. The molecule has 1 atom stereocenters. The number of likely N-dealkylation sites (tertiary alicyclic amines) is 1. The van der Waals surface area contributed by atoms with Gasteiger partial charge in [0.15, 0.2) is 11.6 Å². The van der Waals surface area contributed by atoms with Crippen LogP contribution in [0, 0.1) is 0 Å². The zero-order valence-electron chi connectivity index (χ0n) is 14.0. The van der Waals surface area contributed by atoms with E-state index in [1.807, 2.05) is 12.1 Å². The molecule has 0 saturated carbocycles. The van der Waals surface area contributed by atoms with Crippen LogP contribution < -0.4 is 4.74 Å². The number of rotatable bonds is 4. The normalized spacial score (nSPS) is 21.4. The molecule has 1 unspecified atom stereocenters. The first-order valence-corrected chi connectivity index (χ1v) is 8.69. The molecule has 1 amide bonds. The minimum atomic E-state index is -0.0978. The monoisotopic (exact) mass is 343 g/mol. The Morgan fingerprint density at radius 3 is 2.96 bits per heavy atom. The molecule has 2 aliphatic rings. The maximum absolute atomic E-state index is 12.7. The number of hydrogen-bond donors (Lipinski definition) is 0. The number of carbonyl (C=O) groups is 1. The number of pyridine rings is 1. The molecule has 0 bridgehead atoms. The van der Waals surface area contributed by atoms with Crippen molar-refractivity contribution in [3.05, 3.63) is 42.4 Å². The summed E-state index contributed by atoms with van der Waals surface area (Å²) in [6, 6.07) is 3.70. The van der Waals surface area contributed by atoms with Crippen molar-refractivity contribution < 1.29 is 18.7 Å². The fourth-order valence-corrected chi connectivity index (χ4v) is 3.30. The summed E-state index contributed by atoms with van der Waals surface area (Å²) in [5, 5.41) is 0. The third kappa shape index (κ3) is 3.66.